The zero-order chi connectivity index (χ0) is 40.0. The van der Waals surface area contributed by atoms with E-state index in [0.717, 1.165) is 25.9 Å². The molecule has 0 saturated heterocycles. The first-order valence-corrected chi connectivity index (χ1v) is 23.5. The summed E-state index contributed by atoms with van der Waals surface area (Å²) >= 11 is 0. The van der Waals surface area contributed by atoms with E-state index in [1.54, 1.807) is 0 Å². The molecule has 0 saturated carbocycles. The molecule has 0 fully saturated rings. The molecule has 0 spiro atoms. The second-order valence-corrected chi connectivity index (χ2v) is 16.0. The van der Waals surface area contributed by atoms with Gasteiger partial charge in [-0.3, -0.25) is 9.59 Å². The third-order valence-electron chi connectivity index (χ3n) is 10.7. The van der Waals surface area contributed by atoms with Crippen LogP contribution in [0, 0.1) is 0 Å². The van der Waals surface area contributed by atoms with Crippen molar-refractivity contribution in [1.82, 2.24) is 0 Å². The van der Waals surface area contributed by atoms with Crippen molar-refractivity contribution in [2.24, 2.45) is 5.73 Å². The van der Waals surface area contributed by atoms with Crippen molar-refractivity contribution in [3.8, 4) is 0 Å². The van der Waals surface area contributed by atoms with Crippen LogP contribution in [-0.2, 0) is 28.5 Å². The van der Waals surface area contributed by atoms with Gasteiger partial charge in [-0.25, -0.2) is 0 Å². The zero-order valence-corrected chi connectivity index (χ0v) is 35.9. The highest BCUT2D eigenvalue weighted by Crippen LogP contribution is 2.17. The van der Waals surface area contributed by atoms with Gasteiger partial charge in [-0.1, -0.05) is 205 Å². The van der Waals surface area contributed by atoms with Crippen molar-refractivity contribution >= 4 is 11.9 Å². The van der Waals surface area contributed by atoms with Gasteiger partial charge < -0.3 is 34.9 Å². The third kappa shape index (κ3) is 48.8. The molecular weight excluding hydrogens is 695 g/mol. The van der Waals surface area contributed by atoms with Crippen LogP contribution in [0.15, 0.2) is 0 Å². The zero-order valence-electron chi connectivity index (χ0n) is 35.9. The molecule has 0 aliphatic carbocycles. The molecular formula is C46H91NO8. The van der Waals surface area contributed by atoms with Crippen LogP contribution in [0.25, 0.3) is 0 Å². The monoisotopic (exact) mass is 786 g/mol. The van der Waals surface area contributed by atoms with Crippen LogP contribution in [0.2, 0.25) is 0 Å². The fourth-order valence-electron chi connectivity index (χ4n) is 7.08. The average molecular weight is 786 g/mol. The van der Waals surface area contributed by atoms with Crippen LogP contribution >= 0.6 is 0 Å². The van der Waals surface area contributed by atoms with E-state index in [-0.39, 0.29) is 6.61 Å². The predicted molar refractivity (Wildman–Crippen MR) is 228 cm³/mol. The number of unbranched alkanes of at least 4 members (excludes halogenated alkanes) is 33. The molecule has 55 heavy (non-hydrogen) atoms. The Morgan fingerprint density at radius 3 is 0.800 bits per heavy atom. The summed E-state index contributed by atoms with van der Waals surface area (Å²) in [5.41, 5.74) is 5.35. The number of carbonyl (C=O) groups is 2. The molecule has 0 heterocycles. The summed E-state index contributed by atoms with van der Waals surface area (Å²) in [6.07, 6.45) is 46.8. The first-order chi connectivity index (χ1) is 27.0. The number of carboxylic acid groups (broad SMARTS) is 2. The van der Waals surface area contributed by atoms with Crippen molar-refractivity contribution in [3.05, 3.63) is 0 Å². The lowest BCUT2D eigenvalue weighted by atomic mass is 10.0. The number of aliphatic carboxylic acids is 2. The Balaban J connectivity index is 3.08. The third-order valence-corrected chi connectivity index (χ3v) is 10.7. The Hall–Kier alpha value is -1.26. The largest absolute Gasteiger partial charge is 0.481 e. The van der Waals surface area contributed by atoms with E-state index in [9.17, 15) is 9.59 Å². The van der Waals surface area contributed by atoms with Gasteiger partial charge in [0.2, 0.25) is 0 Å². The van der Waals surface area contributed by atoms with Crippen molar-refractivity contribution in [3.63, 3.8) is 0 Å². The summed E-state index contributed by atoms with van der Waals surface area (Å²) < 4.78 is 21.7. The number of hydrogen-bond donors (Lipinski definition) is 3. The maximum absolute atomic E-state index is 10.6. The molecule has 328 valence electrons. The van der Waals surface area contributed by atoms with Crippen LogP contribution < -0.4 is 5.73 Å². The van der Waals surface area contributed by atoms with Crippen LogP contribution in [0.4, 0.5) is 0 Å². The van der Waals surface area contributed by atoms with Gasteiger partial charge in [0.15, 0.2) is 0 Å². The molecule has 0 aromatic carbocycles. The topological polar surface area (TPSA) is 138 Å². The maximum atomic E-state index is 10.6. The molecule has 0 aromatic rings. The highest BCUT2D eigenvalue weighted by Gasteiger charge is 2.10. The summed E-state index contributed by atoms with van der Waals surface area (Å²) in [5, 5.41) is 17.3. The van der Waals surface area contributed by atoms with Gasteiger partial charge in [-0.15, -0.1) is 0 Å². The Morgan fingerprint density at radius 2 is 0.545 bits per heavy atom. The summed E-state index contributed by atoms with van der Waals surface area (Å²) in [4.78, 5) is 21.1. The van der Waals surface area contributed by atoms with E-state index in [0.29, 0.717) is 46.1 Å². The minimum atomic E-state index is -1.06. The van der Waals surface area contributed by atoms with Crippen molar-refractivity contribution < 1.29 is 38.7 Å². The van der Waals surface area contributed by atoms with Gasteiger partial charge in [0.25, 0.3) is 0 Å². The lowest BCUT2D eigenvalue weighted by molar-refractivity contribution is -0.140. The molecule has 9 heteroatoms. The molecule has 0 bridgehead atoms. The summed E-state index contributed by atoms with van der Waals surface area (Å²) in [7, 11) is 0. The smallest absolute Gasteiger partial charge is 0.322 e. The number of hydrogen-bond acceptors (Lipinski definition) is 7. The van der Waals surface area contributed by atoms with Gasteiger partial charge in [0.05, 0.1) is 46.2 Å². The molecule has 0 rings (SSSR count). The highest BCUT2D eigenvalue weighted by atomic mass is 16.6. The minimum absolute atomic E-state index is 0.0116. The van der Waals surface area contributed by atoms with E-state index in [2.05, 4.69) is 0 Å². The van der Waals surface area contributed by atoms with Gasteiger partial charge in [0, 0.05) is 13.0 Å². The molecule has 0 radical (unpaired) electrons. The van der Waals surface area contributed by atoms with Crippen molar-refractivity contribution in [1.29, 1.82) is 0 Å². The van der Waals surface area contributed by atoms with Gasteiger partial charge in [-0.2, -0.15) is 0 Å². The minimum Gasteiger partial charge on any atom is -0.481 e. The Labute approximate surface area is 339 Å². The SMILES string of the molecule is NC(COCCOCCOCCOCCCCCCCCCCCCCCCCCCCCCCCCCCCCCCCCCCCCC(=O)O)C(=O)O. The molecule has 0 aliphatic heterocycles. The molecule has 1 atom stereocenters. The van der Waals surface area contributed by atoms with Crippen LogP contribution in [0.3, 0.4) is 0 Å². The number of nitrogens with two attached hydrogens (primary N) is 1. The second-order valence-electron chi connectivity index (χ2n) is 16.0. The lowest BCUT2D eigenvalue weighted by Gasteiger charge is -2.09. The molecule has 0 aliphatic rings. The Bertz CT molecular complexity index is 770. The predicted octanol–water partition coefficient (Wildman–Crippen LogP) is 12.2. The molecule has 9 nitrogen and oxygen atoms in total. The van der Waals surface area contributed by atoms with Gasteiger partial charge in [0.1, 0.15) is 6.04 Å². The first-order valence-electron chi connectivity index (χ1n) is 23.5. The molecule has 4 N–H and O–H groups in total. The van der Waals surface area contributed by atoms with Crippen molar-refractivity contribution in [2.75, 3.05) is 52.9 Å². The Kier molecular flexibility index (Phi) is 46.0. The standard InChI is InChI=1S/C46H91NO8/c47-44(46(50)51)43-55-42-41-54-40-39-53-38-37-52-36-34-32-30-28-26-24-22-20-18-16-14-12-10-8-6-4-2-1-3-5-7-9-11-13-15-17-19-21-23-25-27-29-31-33-35-45(48)49/h44H,1-43,47H2,(H,48,49)(H,50,51). The number of ether oxygens (including phenoxy) is 4. The van der Waals surface area contributed by atoms with Crippen LogP contribution in [-0.4, -0.2) is 81.0 Å². The summed E-state index contributed by atoms with van der Waals surface area (Å²) in [6.45, 7) is 3.67. The maximum Gasteiger partial charge on any atom is 0.322 e. The first kappa shape index (κ1) is 53.7. The molecule has 0 amide bonds. The molecule has 0 aromatic heterocycles. The normalized spacial score (nSPS) is 12.1. The molecule has 1 unspecified atom stereocenters. The summed E-state index contributed by atoms with van der Waals surface area (Å²) in [5.74, 6) is -1.72. The quantitative estimate of drug-likeness (QED) is 0.0515. The van der Waals surface area contributed by atoms with E-state index >= 15 is 0 Å². The van der Waals surface area contributed by atoms with E-state index in [1.165, 1.54) is 199 Å². The second kappa shape index (κ2) is 47.1. The van der Waals surface area contributed by atoms with Gasteiger partial charge in [-0.05, 0) is 12.8 Å². The van der Waals surface area contributed by atoms with Gasteiger partial charge >= 0.3 is 11.9 Å². The fraction of sp³-hybridized carbons (Fsp3) is 0.957. The Morgan fingerprint density at radius 1 is 0.327 bits per heavy atom. The van der Waals surface area contributed by atoms with E-state index in [4.69, 9.17) is 34.9 Å². The average Bonchev–Trinajstić information content (AvgIpc) is 3.17. The number of carboxylic acids is 2. The fourth-order valence-corrected chi connectivity index (χ4v) is 7.08. The highest BCUT2D eigenvalue weighted by molar-refractivity contribution is 5.73. The van der Waals surface area contributed by atoms with Crippen LogP contribution in [0.5, 0.6) is 0 Å². The van der Waals surface area contributed by atoms with Crippen molar-refractivity contribution in [2.45, 2.75) is 231 Å². The number of rotatable bonds is 49. The summed E-state index contributed by atoms with van der Waals surface area (Å²) in [6, 6.07) is -0.989. The lowest BCUT2D eigenvalue weighted by Crippen LogP contribution is -2.35. The van der Waals surface area contributed by atoms with Crippen LogP contribution in [0.1, 0.15) is 225 Å². The van der Waals surface area contributed by atoms with E-state index < -0.39 is 18.0 Å². The van der Waals surface area contributed by atoms with E-state index in [1.807, 2.05) is 0 Å².